The van der Waals surface area contributed by atoms with E-state index in [0.29, 0.717) is 17.8 Å². The van der Waals surface area contributed by atoms with Gasteiger partial charge in [-0.25, -0.2) is 0 Å². The Balaban J connectivity index is 1.17. The summed E-state index contributed by atoms with van der Waals surface area (Å²) in [6.07, 6.45) is 8.51. The van der Waals surface area contributed by atoms with Crippen LogP contribution in [0.2, 0.25) is 0 Å². The average Bonchev–Trinajstić information content (AvgIpc) is 3.57. The van der Waals surface area contributed by atoms with E-state index in [1.165, 1.54) is 26.2 Å². The lowest BCUT2D eigenvalue weighted by molar-refractivity contribution is -0.246. The number of fused-ring (bicyclic) bond motifs is 3. The van der Waals surface area contributed by atoms with Crippen molar-refractivity contribution in [1.82, 2.24) is 0 Å². The molecule has 2 aliphatic heterocycles. The molecule has 214 valence electrons. The predicted octanol–water partition coefficient (Wildman–Crippen LogP) is 5.23. The molecule has 13 atom stereocenters. The number of aliphatic hydroxyl groups is 2. The molecule has 0 bridgehead atoms. The topological polar surface area (TPSA) is 88.5 Å². The molecule has 13 unspecified atom stereocenters. The van der Waals surface area contributed by atoms with Crippen molar-refractivity contribution in [1.29, 1.82) is 0 Å². The third kappa shape index (κ3) is 2.97. The van der Waals surface area contributed by atoms with Crippen LogP contribution in [0.25, 0.3) is 0 Å². The highest BCUT2D eigenvalue weighted by molar-refractivity contribution is 5.66. The van der Waals surface area contributed by atoms with Crippen LogP contribution in [-0.2, 0) is 19.0 Å². The minimum absolute atomic E-state index is 0.00310. The standard InChI is InChI=1S/C32H50O6/c1-17(33)36-24-10-11-29(6)21-9-12-31-16-32(31,30(21,7)23(34)15-22(29)27(24,2)3)13-8-19(31)18-14-20(37-26(18)35)25-28(4,5)38-25/h18-26,34-35H,8-16H2,1-7H3. The van der Waals surface area contributed by atoms with Crippen LogP contribution >= 0.6 is 0 Å². The maximum absolute atomic E-state index is 12.1. The maximum Gasteiger partial charge on any atom is 0.302 e. The van der Waals surface area contributed by atoms with Crippen LogP contribution in [0.1, 0.15) is 106 Å². The summed E-state index contributed by atoms with van der Waals surface area (Å²) < 4.78 is 17.9. The molecule has 0 aromatic rings. The van der Waals surface area contributed by atoms with Gasteiger partial charge in [0.15, 0.2) is 6.29 Å². The molecule has 2 saturated heterocycles. The summed E-state index contributed by atoms with van der Waals surface area (Å²) in [6, 6.07) is 0. The summed E-state index contributed by atoms with van der Waals surface area (Å²) in [6.45, 7) is 15.2. The van der Waals surface area contributed by atoms with Crippen molar-refractivity contribution >= 4 is 5.97 Å². The lowest BCUT2D eigenvalue weighted by Crippen LogP contribution is -2.66. The number of ether oxygens (including phenoxy) is 3. The van der Waals surface area contributed by atoms with Crippen LogP contribution in [-0.4, -0.2) is 52.5 Å². The Morgan fingerprint density at radius 1 is 0.921 bits per heavy atom. The summed E-state index contributed by atoms with van der Waals surface area (Å²) in [4.78, 5) is 11.9. The number of hydrogen-bond acceptors (Lipinski definition) is 6. The van der Waals surface area contributed by atoms with Gasteiger partial charge in [-0.05, 0) is 106 Å². The summed E-state index contributed by atoms with van der Waals surface area (Å²) in [5.74, 6) is 1.24. The number of carbonyl (C=O) groups excluding carboxylic acids is 1. The van der Waals surface area contributed by atoms with E-state index in [9.17, 15) is 15.0 Å². The van der Waals surface area contributed by atoms with Crippen molar-refractivity contribution in [3.63, 3.8) is 0 Å². The number of carbonyl (C=O) groups is 1. The highest BCUT2D eigenvalue weighted by Crippen LogP contribution is 2.91. The monoisotopic (exact) mass is 530 g/mol. The summed E-state index contributed by atoms with van der Waals surface area (Å²) in [5, 5.41) is 23.3. The Labute approximate surface area is 228 Å². The fourth-order valence-corrected chi connectivity index (χ4v) is 12.8. The SMILES string of the molecule is CC(=O)OC1CCC2(C)C(CC(O)C3(C)C2CCC24CC23CCC4C2CC(C3OC3(C)C)OC2O)C1(C)C. The first-order chi connectivity index (χ1) is 17.6. The molecule has 0 spiro atoms. The van der Waals surface area contributed by atoms with Crippen molar-refractivity contribution in [2.24, 2.45) is 50.7 Å². The van der Waals surface area contributed by atoms with Crippen LogP contribution in [0.4, 0.5) is 0 Å². The average molecular weight is 531 g/mol. The Morgan fingerprint density at radius 2 is 1.63 bits per heavy atom. The van der Waals surface area contributed by atoms with Crippen molar-refractivity contribution in [3.8, 4) is 0 Å². The first-order valence-corrected chi connectivity index (χ1v) is 15.5. The largest absolute Gasteiger partial charge is 0.462 e. The van der Waals surface area contributed by atoms with E-state index in [-0.39, 0.29) is 69.0 Å². The molecule has 7 fully saturated rings. The molecule has 2 N–H and O–H groups in total. The summed E-state index contributed by atoms with van der Waals surface area (Å²) in [5.41, 5.74) is 0.130. The first-order valence-electron chi connectivity index (χ1n) is 15.5. The zero-order valence-electron chi connectivity index (χ0n) is 24.6. The van der Waals surface area contributed by atoms with Gasteiger partial charge in [-0.1, -0.05) is 27.7 Å². The Kier molecular flexibility index (Phi) is 5.23. The predicted molar refractivity (Wildman–Crippen MR) is 142 cm³/mol. The molecule has 6 heteroatoms. The van der Waals surface area contributed by atoms with Crippen molar-refractivity contribution in [2.75, 3.05) is 0 Å². The molecule has 38 heavy (non-hydrogen) atoms. The van der Waals surface area contributed by atoms with Crippen molar-refractivity contribution < 1.29 is 29.2 Å². The van der Waals surface area contributed by atoms with E-state index in [0.717, 1.165) is 38.5 Å². The molecule has 7 rings (SSSR count). The fraction of sp³-hybridized carbons (Fsp3) is 0.969. The lowest BCUT2D eigenvalue weighted by Gasteiger charge is -2.68. The summed E-state index contributed by atoms with van der Waals surface area (Å²) in [7, 11) is 0. The van der Waals surface area contributed by atoms with Gasteiger partial charge in [-0.2, -0.15) is 0 Å². The second kappa shape index (κ2) is 7.57. The van der Waals surface area contributed by atoms with Crippen LogP contribution in [0.15, 0.2) is 0 Å². The van der Waals surface area contributed by atoms with E-state index in [1.54, 1.807) is 0 Å². The number of esters is 1. The smallest absolute Gasteiger partial charge is 0.302 e. The molecular formula is C32H50O6. The number of epoxide rings is 1. The fourth-order valence-electron chi connectivity index (χ4n) is 12.8. The van der Waals surface area contributed by atoms with Crippen molar-refractivity contribution in [3.05, 3.63) is 0 Å². The van der Waals surface area contributed by atoms with E-state index < -0.39 is 6.29 Å². The molecule has 5 aliphatic carbocycles. The van der Waals surface area contributed by atoms with Gasteiger partial charge in [0.05, 0.1) is 17.8 Å². The van der Waals surface area contributed by atoms with Gasteiger partial charge >= 0.3 is 5.97 Å². The second-order valence-electron chi connectivity index (χ2n) is 16.3. The van der Waals surface area contributed by atoms with Crippen molar-refractivity contribution in [2.45, 2.75) is 143 Å². The quantitative estimate of drug-likeness (QED) is 0.384. The molecule has 2 heterocycles. The highest BCUT2D eigenvalue weighted by Gasteiger charge is 2.86. The van der Waals surface area contributed by atoms with E-state index >= 15 is 0 Å². The van der Waals surface area contributed by atoms with Gasteiger partial charge in [-0.3, -0.25) is 4.79 Å². The molecule has 0 aromatic heterocycles. The number of hydrogen-bond donors (Lipinski definition) is 2. The minimum atomic E-state index is -0.697. The molecule has 5 saturated carbocycles. The van der Waals surface area contributed by atoms with Gasteiger partial charge in [0.2, 0.25) is 0 Å². The zero-order chi connectivity index (χ0) is 27.3. The Bertz CT molecular complexity index is 1040. The molecule has 7 aliphatic rings. The van der Waals surface area contributed by atoms with E-state index in [4.69, 9.17) is 14.2 Å². The van der Waals surface area contributed by atoms with Crippen LogP contribution in [0, 0.1) is 50.7 Å². The highest BCUT2D eigenvalue weighted by atomic mass is 16.7. The third-order valence-corrected chi connectivity index (χ3v) is 14.5. The van der Waals surface area contributed by atoms with E-state index in [1.807, 2.05) is 0 Å². The number of aliphatic hydroxyl groups excluding tert-OH is 2. The molecular weight excluding hydrogens is 480 g/mol. The third-order valence-electron chi connectivity index (χ3n) is 14.5. The zero-order valence-corrected chi connectivity index (χ0v) is 24.6. The maximum atomic E-state index is 12.1. The Hall–Kier alpha value is -0.690. The van der Waals surface area contributed by atoms with Crippen LogP contribution in [0.5, 0.6) is 0 Å². The van der Waals surface area contributed by atoms with Gasteiger partial charge in [0.1, 0.15) is 12.2 Å². The second-order valence-corrected chi connectivity index (χ2v) is 16.3. The van der Waals surface area contributed by atoms with Gasteiger partial charge in [-0.15, -0.1) is 0 Å². The molecule has 6 nitrogen and oxygen atoms in total. The molecule has 0 radical (unpaired) electrons. The van der Waals surface area contributed by atoms with Gasteiger partial charge in [0, 0.05) is 23.7 Å². The van der Waals surface area contributed by atoms with Gasteiger partial charge in [0.25, 0.3) is 0 Å². The van der Waals surface area contributed by atoms with E-state index in [2.05, 4.69) is 41.5 Å². The van der Waals surface area contributed by atoms with Gasteiger partial charge < -0.3 is 24.4 Å². The molecule has 0 amide bonds. The first kappa shape index (κ1) is 26.2. The van der Waals surface area contributed by atoms with Crippen LogP contribution < -0.4 is 0 Å². The molecule has 0 aromatic carbocycles. The summed E-state index contributed by atoms with van der Waals surface area (Å²) >= 11 is 0. The lowest BCUT2D eigenvalue weighted by atomic mass is 9.37. The normalized spacial score (nSPS) is 59.2. The minimum Gasteiger partial charge on any atom is -0.462 e. The number of rotatable bonds is 3. The van der Waals surface area contributed by atoms with Crippen LogP contribution in [0.3, 0.4) is 0 Å². The Morgan fingerprint density at radius 3 is 2.29 bits per heavy atom.